The molecule has 128 valence electrons. The first-order chi connectivity index (χ1) is 10.7. The number of ether oxygens (including phenoxy) is 2. The number of esters is 1. The molecule has 5 fully saturated rings. The third-order valence-electron chi connectivity index (χ3n) is 6.45. The van der Waals surface area contributed by atoms with Crippen LogP contribution in [0.5, 0.6) is 0 Å². The van der Waals surface area contributed by atoms with Gasteiger partial charge < -0.3 is 18.8 Å². The van der Waals surface area contributed by atoms with Crippen LogP contribution in [0.15, 0.2) is 0 Å². The fourth-order valence-electron chi connectivity index (χ4n) is 6.47. The Morgan fingerprint density at radius 3 is 2.43 bits per heavy atom. The van der Waals surface area contributed by atoms with Crippen molar-refractivity contribution >= 4 is 20.4 Å². The summed E-state index contributed by atoms with van der Waals surface area (Å²) in [6, 6.07) is -0.131. The molecule has 6 atom stereocenters. The van der Waals surface area contributed by atoms with Gasteiger partial charge in [-0.25, -0.2) is 4.79 Å². The largest absolute Gasteiger partial charge is 0.469 e. The molecule has 0 aromatic rings. The van der Waals surface area contributed by atoms with Crippen LogP contribution in [0, 0.1) is 23.2 Å². The van der Waals surface area contributed by atoms with Gasteiger partial charge in [-0.3, -0.25) is 4.79 Å². The third kappa shape index (κ3) is 1.58. The first kappa shape index (κ1) is 15.4. The molecule has 3 aliphatic carbocycles. The number of fused-ring (bicyclic) bond motifs is 1. The summed E-state index contributed by atoms with van der Waals surface area (Å²) in [5, 5.41) is 0. The third-order valence-corrected chi connectivity index (χ3v) is 7.45. The van der Waals surface area contributed by atoms with Crippen LogP contribution in [-0.2, 0) is 18.7 Å². The van der Waals surface area contributed by atoms with Gasteiger partial charge in [0.1, 0.15) is 0 Å². The summed E-state index contributed by atoms with van der Waals surface area (Å²) in [4.78, 5) is 26.7. The number of piperidine rings is 2. The van der Waals surface area contributed by atoms with E-state index in [0.717, 1.165) is 6.42 Å². The molecule has 3 saturated carbocycles. The summed E-state index contributed by atoms with van der Waals surface area (Å²) in [6.45, 7) is 7.25. The Morgan fingerprint density at radius 1 is 1.17 bits per heavy atom. The SMILES string of the molecule is COC(=O)N1C[C@H]2C[C@H]3[C@@H]1[C@]1(C(=O)OC)C[C@@]3(O[Si](C)(C)C)[C@@H]21. The van der Waals surface area contributed by atoms with Gasteiger partial charge in [0, 0.05) is 18.4 Å². The van der Waals surface area contributed by atoms with Crippen LogP contribution < -0.4 is 0 Å². The molecule has 6 bridgehead atoms. The molecule has 0 aromatic carbocycles. The average molecular weight is 339 g/mol. The molecule has 2 saturated heterocycles. The van der Waals surface area contributed by atoms with E-state index in [4.69, 9.17) is 13.9 Å². The van der Waals surface area contributed by atoms with Gasteiger partial charge in [0.2, 0.25) is 0 Å². The average Bonchev–Trinajstić information content (AvgIpc) is 2.93. The van der Waals surface area contributed by atoms with E-state index >= 15 is 0 Å². The summed E-state index contributed by atoms with van der Waals surface area (Å²) in [5.41, 5.74) is -0.800. The maximum Gasteiger partial charge on any atom is 0.409 e. The van der Waals surface area contributed by atoms with Crippen LogP contribution >= 0.6 is 0 Å². The van der Waals surface area contributed by atoms with Gasteiger partial charge in [-0.2, -0.15) is 0 Å². The summed E-state index contributed by atoms with van der Waals surface area (Å²) >= 11 is 0. The number of amides is 1. The Morgan fingerprint density at radius 2 is 1.87 bits per heavy atom. The zero-order chi connectivity index (χ0) is 16.8. The van der Waals surface area contributed by atoms with Crippen molar-refractivity contribution in [3.05, 3.63) is 0 Å². The van der Waals surface area contributed by atoms with E-state index in [0.29, 0.717) is 18.9 Å². The Hall–Kier alpha value is -1.08. The Balaban J connectivity index is 1.77. The van der Waals surface area contributed by atoms with Crippen LogP contribution in [0.4, 0.5) is 4.79 Å². The number of carbonyl (C=O) groups is 2. The number of carbonyl (C=O) groups excluding carboxylic acids is 2. The highest BCUT2D eigenvalue weighted by atomic mass is 28.4. The highest BCUT2D eigenvalue weighted by molar-refractivity contribution is 6.69. The highest BCUT2D eigenvalue weighted by Crippen LogP contribution is 2.81. The monoisotopic (exact) mass is 339 g/mol. The van der Waals surface area contributed by atoms with Gasteiger partial charge in [0.25, 0.3) is 0 Å². The van der Waals surface area contributed by atoms with Gasteiger partial charge in [-0.1, -0.05) is 0 Å². The highest BCUT2D eigenvalue weighted by Gasteiger charge is 2.90. The quantitative estimate of drug-likeness (QED) is 0.580. The van der Waals surface area contributed by atoms with Crippen molar-refractivity contribution in [1.82, 2.24) is 4.90 Å². The van der Waals surface area contributed by atoms with Gasteiger partial charge in [-0.05, 0) is 38.4 Å². The lowest BCUT2D eigenvalue weighted by atomic mass is 9.52. The van der Waals surface area contributed by atoms with Crippen molar-refractivity contribution in [3.8, 4) is 0 Å². The van der Waals surface area contributed by atoms with Gasteiger partial charge >= 0.3 is 12.1 Å². The summed E-state index contributed by atoms with van der Waals surface area (Å²) < 4.78 is 16.8. The van der Waals surface area contributed by atoms with Crippen LogP contribution in [0.25, 0.3) is 0 Å². The Labute approximate surface area is 137 Å². The molecule has 2 aliphatic heterocycles. The first-order valence-corrected chi connectivity index (χ1v) is 11.8. The van der Waals surface area contributed by atoms with E-state index in [1.54, 1.807) is 4.90 Å². The van der Waals surface area contributed by atoms with E-state index in [9.17, 15) is 9.59 Å². The molecule has 2 heterocycles. The molecule has 7 heteroatoms. The molecule has 1 amide bonds. The number of rotatable bonds is 3. The molecule has 5 aliphatic rings. The predicted octanol–water partition coefficient (Wildman–Crippen LogP) is 1.86. The van der Waals surface area contributed by atoms with Gasteiger partial charge in [-0.15, -0.1) is 0 Å². The van der Waals surface area contributed by atoms with Crippen molar-refractivity contribution in [2.24, 2.45) is 23.2 Å². The van der Waals surface area contributed by atoms with E-state index < -0.39 is 13.7 Å². The topological polar surface area (TPSA) is 65.1 Å². The molecule has 6 nitrogen and oxygen atoms in total. The van der Waals surface area contributed by atoms with Crippen molar-refractivity contribution in [2.75, 3.05) is 20.8 Å². The predicted molar refractivity (Wildman–Crippen MR) is 84.2 cm³/mol. The molecule has 0 N–H and O–H groups in total. The van der Waals surface area contributed by atoms with Crippen molar-refractivity contribution in [1.29, 1.82) is 0 Å². The Bertz CT molecular complexity index is 590. The summed E-state index contributed by atoms with van der Waals surface area (Å²) in [7, 11) is 1.09. The summed E-state index contributed by atoms with van der Waals surface area (Å²) in [5.74, 6) is 0.567. The fourth-order valence-corrected chi connectivity index (χ4v) is 7.96. The number of nitrogens with zero attached hydrogens (tertiary/aromatic N) is 1. The minimum atomic E-state index is -1.75. The zero-order valence-corrected chi connectivity index (χ0v) is 15.4. The van der Waals surface area contributed by atoms with Crippen molar-refractivity contribution in [2.45, 2.75) is 44.1 Å². The zero-order valence-electron chi connectivity index (χ0n) is 14.4. The molecule has 0 radical (unpaired) electrons. The second-order valence-corrected chi connectivity index (χ2v) is 13.0. The first-order valence-electron chi connectivity index (χ1n) is 8.34. The van der Waals surface area contributed by atoms with Crippen LogP contribution in [0.1, 0.15) is 12.8 Å². The molecule has 0 aromatic heterocycles. The van der Waals surface area contributed by atoms with E-state index in [1.807, 2.05) is 0 Å². The number of hydrogen-bond acceptors (Lipinski definition) is 5. The normalized spacial score (nSPS) is 45.9. The molecular formula is C16H25NO5Si. The van der Waals surface area contributed by atoms with E-state index in [1.165, 1.54) is 14.2 Å². The second kappa shape index (κ2) is 4.30. The molecule has 0 unspecified atom stereocenters. The summed E-state index contributed by atoms with van der Waals surface area (Å²) in [6.07, 6.45) is 1.41. The van der Waals surface area contributed by atoms with Crippen LogP contribution in [0.3, 0.4) is 0 Å². The van der Waals surface area contributed by atoms with Gasteiger partial charge in [0.05, 0.1) is 31.3 Å². The van der Waals surface area contributed by atoms with Crippen LogP contribution in [0.2, 0.25) is 19.6 Å². The molecule has 5 rings (SSSR count). The Kier molecular flexibility index (Phi) is 2.89. The van der Waals surface area contributed by atoms with E-state index in [-0.39, 0.29) is 35.5 Å². The number of methoxy groups -OCH3 is 2. The minimum absolute atomic E-state index is 0.131. The fraction of sp³-hybridized carbons (Fsp3) is 0.875. The van der Waals surface area contributed by atoms with Crippen molar-refractivity contribution < 1.29 is 23.5 Å². The van der Waals surface area contributed by atoms with Gasteiger partial charge in [0.15, 0.2) is 8.32 Å². The maximum atomic E-state index is 12.7. The lowest BCUT2D eigenvalue weighted by molar-refractivity contribution is -0.200. The lowest BCUT2D eigenvalue weighted by Crippen LogP contribution is -2.70. The molecular weight excluding hydrogens is 314 g/mol. The van der Waals surface area contributed by atoms with Crippen LogP contribution in [-0.4, -0.2) is 57.7 Å². The lowest BCUT2D eigenvalue weighted by Gasteiger charge is -2.60. The van der Waals surface area contributed by atoms with Crippen molar-refractivity contribution in [3.63, 3.8) is 0 Å². The molecule has 23 heavy (non-hydrogen) atoms. The smallest absolute Gasteiger partial charge is 0.409 e. The maximum absolute atomic E-state index is 12.7. The minimum Gasteiger partial charge on any atom is -0.469 e. The standard InChI is InChI=1S/C16H25NO5Si/c1-20-13(18)15-8-16(22-23(3,4)5)10-6-9(11(15)16)7-17(12(10)15)14(19)21-2/h9-12H,6-8H2,1-5H3/t9-,10+,11+,12-,15+,16+/m1/s1. The van der Waals surface area contributed by atoms with E-state index in [2.05, 4.69) is 19.6 Å². The number of hydrogen-bond donors (Lipinski definition) is 0. The molecule has 0 spiro atoms. The second-order valence-electron chi connectivity index (χ2n) is 8.53.